The van der Waals surface area contributed by atoms with Crippen LogP contribution in [0.2, 0.25) is 0 Å². The van der Waals surface area contributed by atoms with E-state index in [2.05, 4.69) is 15.6 Å². The Labute approximate surface area is 157 Å². The lowest BCUT2D eigenvalue weighted by Crippen LogP contribution is -2.13. The van der Waals surface area contributed by atoms with Crippen LogP contribution in [0.25, 0.3) is 0 Å². The number of benzene rings is 2. The van der Waals surface area contributed by atoms with Crippen molar-refractivity contribution < 1.29 is 9.53 Å². The van der Waals surface area contributed by atoms with Gasteiger partial charge in [0, 0.05) is 24.6 Å². The molecule has 0 radical (unpaired) electrons. The minimum Gasteiger partial charge on any atom is -0.497 e. The Hall–Kier alpha value is -3.85. The van der Waals surface area contributed by atoms with Crippen molar-refractivity contribution in [1.82, 2.24) is 4.98 Å². The van der Waals surface area contributed by atoms with Gasteiger partial charge in [0.15, 0.2) is 0 Å². The van der Waals surface area contributed by atoms with Crippen molar-refractivity contribution in [3.8, 4) is 11.8 Å². The molecule has 3 aromatic rings. The molecule has 0 unspecified atom stereocenters. The fourth-order valence-corrected chi connectivity index (χ4v) is 2.48. The number of nitrogens with one attached hydrogen (secondary N) is 2. The van der Waals surface area contributed by atoms with E-state index >= 15 is 0 Å². The molecule has 2 N–H and O–H groups in total. The number of anilines is 2. The number of carbonyl (C=O) groups excluding carboxylic acids is 1. The second-order valence-electron chi connectivity index (χ2n) is 5.81. The summed E-state index contributed by atoms with van der Waals surface area (Å²) in [6.07, 6.45) is 3.17. The highest BCUT2D eigenvalue weighted by atomic mass is 16.5. The van der Waals surface area contributed by atoms with E-state index in [0.717, 1.165) is 17.0 Å². The lowest BCUT2D eigenvalue weighted by Gasteiger charge is -2.09. The Bertz CT molecular complexity index is 978. The predicted octanol–water partition coefficient (Wildman–Crippen LogP) is 3.83. The van der Waals surface area contributed by atoms with Crippen molar-refractivity contribution in [3.63, 3.8) is 0 Å². The van der Waals surface area contributed by atoms with Gasteiger partial charge in [-0.15, -0.1) is 0 Å². The lowest BCUT2D eigenvalue weighted by molar-refractivity contribution is 0.102. The summed E-state index contributed by atoms with van der Waals surface area (Å²) in [5.74, 6) is 0.519. The average molecular weight is 358 g/mol. The van der Waals surface area contributed by atoms with Crippen molar-refractivity contribution in [2.45, 2.75) is 6.54 Å². The van der Waals surface area contributed by atoms with E-state index in [1.54, 1.807) is 43.6 Å². The molecule has 0 aliphatic heterocycles. The molecular weight excluding hydrogens is 340 g/mol. The standard InChI is InChI=1S/C21H18N4O2/c1-27-20-7-5-15(6-8-20)12-24-19-10-17(13-23-14-19)21(26)25-18-4-2-3-16(9-18)11-22/h2-10,13-14,24H,12H2,1H3,(H,25,26). The van der Waals surface area contributed by atoms with Gasteiger partial charge in [-0.05, 0) is 42.0 Å². The summed E-state index contributed by atoms with van der Waals surface area (Å²) in [4.78, 5) is 16.6. The minimum absolute atomic E-state index is 0.286. The molecule has 27 heavy (non-hydrogen) atoms. The van der Waals surface area contributed by atoms with Gasteiger partial charge in [-0.25, -0.2) is 0 Å². The number of carbonyl (C=O) groups is 1. The van der Waals surface area contributed by atoms with Gasteiger partial charge in [0.1, 0.15) is 5.75 Å². The van der Waals surface area contributed by atoms with Gasteiger partial charge in [0.25, 0.3) is 5.91 Å². The largest absolute Gasteiger partial charge is 0.497 e. The Morgan fingerprint density at radius 3 is 2.67 bits per heavy atom. The maximum atomic E-state index is 12.4. The Balaban J connectivity index is 1.65. The second kappa shape index (κ2) is 8.50. The summed E-state index contributed by atoms with van der Waals surface area (Å²) in [5, 5.41) is 15.0. The van der Waals surface area contributed by atoms with Crippen LogP contribution in [0, 0.1) is 11.3 Å². The minimum atomic E-state index is -0.286. The Kier molecular flexibility index (Phi) is 5.65. The summed E-state index contributed by atoms with van der Waals surface area (Å²) >= 11 is 0. The SMILES string of the molecule is COc1ccc(CNc2cncc(C(=O)Nc3cccc(C#N)c3)c2)cc1. The molecule has 0 saturated heterocycles. The molecule has 0 spiro atoms. The van der Waals surface area contributed by atoms with Crippen LogP contribution in [0.3, 0.4) is 0 Å². The predicted molar refractivity (Wildman–Crippen MR) is 104 cm³/mol. The van der Waals surface area contributed by atoms with Crippen LogP contribution >= 0.6 is 0 Å². The van der Waals surface area contributed by atoms with Crippen LogP contribution in [0.15, 0.2) is 67.0 Å². The number of hydrogen-bond donors (Lipinski definition) is 2. The maximum Gasteiger partial charge on any atom is 0.257 e. The zero-order chi connectivity index (χ0) is 19.1. The Morgan fingerprint density at radius 2 is 1.93 bits per heavy atom. The zero-order valence-corrected chi connectivity index (χ0v) is 14.8. The average Bonchev–Trinajstić information content (AvgIpc) is 2.73. The number of methoxy groups -OCH3 is 1. The zero-order valence-electron chi connectivity index (χ0n) is 14.8. The van der Waals surface area contributed by atoms with Gasteiger partial charge in [0.05, 0.1) is 30.0 Å². The molecule has 134 valence electrons. The topological polar surface area (TPSA) is 87.0 Å². The van der Waals surface area contributed by atoms with Gasteiger partial charge in [-0.2, -0.15) is 5.26 Å². The van der Waals surface area contributed by atoms with E-state index in [1.807, 2.05) is 30.3 Å². The first-order chi connectivity index (χ1) is 13.2. The number of amides is 1. The molecule has 0 fully saturated rings. The van der Waals surface area contributed by atoms with Crippen molar-refractivity contribution in [2.75, 3.05) is 17.7 Å². The highest BCUT2D eigenvalue weighted by molar-refractivity contribution is 6.04. The summed E-state index contributed by atoms with van der Waals surface area (Å²) in [6, 6.07) is 18.3. The summed E-state index contributed by atoms with van der Waals surface area (Å²) in [5.41, 5.74) is 3.30. The number of hydrogen-bond acceptors (Lipinski definition) is 5. The lowest BCUT2D eigenvalue weighted by atomic mass is 10.2. The van der Waals surface area contributed by atoms with E-state index in [9.17, 15) is 4.79 Å². The van der Waals surface area contributed by atoms with E-state index in [4.69, 9.17) is 10.00 Å². The monoisotopic (exact) mass is 358 g/mol. The highest BCUT2D eigenvalue weighted by Gasteiger charge is 2.08. The maximum absolute atomic E-state index is 12.4. The van der Waals surface area contributed by atoms with Crippen molar-refractivity contribution >= 4 is 17.3 Å². The van der Waals surface area contributed by atoms with E-state index in [-0.39, 0.29) is 5.91 Å². The molecule has 6 nitrogen and oxygen atoms in total. The van der Waals surface area contributed by atoms with E-state index in [0.29, 0.717) is 23.4 Å². The third-order valence-corrected chi connectivity index (χ3v) is 3.91. The van der Waals surface area contributed by atoms with Crippen molar-refractivity contribution in [1.29, 1.82) is 5.26 Å². The molecule has 0 bridgehead atoms. The third-order valence-electron chi connectivity index (χ3n) is 3.91. The molecule has 0 saturated carbocycles. The normalized spacial score (nSPS) is 9.93. The molecule has 0 aliphatic carbocycles. The van der Waals surface area contributed by atoms with Gasteiger partial charge < -0.3 is 15.4 Å². The van der Waals surface area contributed by atoms with Crippen molar-refractivity contribution in [2.24, 2.45) is 0 Å². The molecule has 1 amide bonds. The van der Waals surface area contributed by atoms with Crippen LogP contribution in [-0.2, 0) is 6.54 Å². The molecule has 3 rings (SSSR count). The first-order valence-electron chi connectivity index (χ1n) is 8.31. The van der Waals surface area contributed by atoms with Gasteiger partial charge in [-0.3, -0.25) is 9.78 Å². The number of aromatic nitrogens is 1. The number of nitrogens with zero attached hydrogens (tertiary/aromatic N) is 2. The summed E-state index contributed by atoms with van der Waals surface area (Å²) < 4.78 is 5.14. The molecule has 6 heteroatoms. The van der Waals surface area contributed by atoms with Crippen molar-refractivity contribution in [3.05, 3.63) is 83.7 Å². The molecule has 0 atom stereocenters. The van der Waals surface area contributed by atoms with Crippen LogP contribution in [0.4, 0.5) is 11.4 Å². The van der Waals surface area contributed by atoms with E-state index in [1.165, 1.54) is 6.20 Å². The first kappa shape index (κ1) is 18.0. The second-order valence-corrected chi connectivity index (χ2v) is 5.81. The Morgan fingerprint density at radius 1 is 1.11 bits per heavy atom. The number of nitriles is 1. The van der Waals surface area contributed by atoms with Crippen LogP contribution in [0.5, 0.6) is 5.75 Å². The van der Waals surface area contributed by atoms with Crippen LogP contribution < -0.4 is 15.4 Å². The van der Waals surface area contributed by atoms with Crippen LogP contribution in [-0.4, -0.2) is 18.0 Å². The number of pyridine rings is 1. The first-order valence-corrected chi connectivity index (χ1v) is 8.31. The summed E-state index contributed by atoms with van der Waals surface area (Å²) in [7, 11) is 1.63. The molecule has 1 aromatic heterocycles. The van der Waals surface area contributed by atoms with Gasteiger partial charge in [0.2, 0.25) is 0 Å². The molecular formula is C21H18N4O2. The fourth-order valence-electron chi connectivity index (χ4n) is 2.48. The number of ether oxygens (including phenoxy) is 1. The van der Waals surface area contributed by atoms with Crippen LogP contribution in [0.1, 0.15) is 21.5 Å². The quantitative estimate of drug-likeness (QED) is 0.699. The van der Waals surface area contributed by atoms with Gasteiger partial charge in [-0.1, -0.05) is 18.2 Å². The summed E-state index contributed by atoms with van der Waals surface area (Å²) in [6.45, 7) is 0.598. The van der Waals surface area contributed by atoms with Gasteiger partial charge >= 0.3 is 0 Å². The molecule has 1 heterocycles. The smallest absolute Gasteiger partial charge is 0.257 e. The van der Waals surface area contributed by atoms with E-state index < -0.39 is 0 Å². The molecule has 2 aromatic carbocycles. The third kappa shape index (κ3) is 4.83. The molecule has 0 aliphatic rings. The highest BCUT2D eigenvalue weighted by Crippen LogP contribution is 2.16. The fraction of sp³-hybridized carbons (Fsp3) is 0.0952. The number of rotatable bonds is 6.